The number of amides is 1. The average molecular weight is 307 g/mol. The van der Waals surface area contributed by atoms with Gasteiger partial charge in [-0.15, -0.1) is 0 Å². The largest absolute Gasteiger partial charge is 0.478 e. The number of sulfone groups is 1. The first-order valence-corrected chi connectivity index (χ1v) is 8.75. The summed E-state index contributed by atoms with van der Waals surface area (Å²) in [4.78, 5) is 24.3. The first-order valence-electron chi connectivity index (χ1n) is 5.64. The third kappa shape index (κ3) is 3.73. The number of hydrogen-bond acceptors (Lipinski definition) is 5. The molecule has 1 N–H and O–H groups in total. The summed E-state index contributed by atoms with van der Waals surface area (Å²) >= 11 is 1.47. The van der Waals surface area contributed by atoms with Crippen LogP contribution in [0.4, 0.5) is 0 Å². The van der Waals surface area contributed by atoms with Gasteiger partial charge in [-0.3, -0.25) is 4.79 Å². The lowest BCUT2D eigenvalue weighted by Crippen LogP contribution is -2.50. The molecule has 1 aliphatic heterocycles. The third-order valence-corrected chi connectivity index (χ3v) is 5.69. The van der Waals surface area contributed by atoms with Crippen molar-refractivity contribution in [3.63, 3.8) is 0 Å². The molecule has 8 heteroatoms. The summed E-state index contributed by atoms with van der Waals surface area (Å²) in [5, 5.41) is 8.00. The van der Waals surface area contributed by atoms with Gasteiger partial charge in [-0.25, -0.2) is 13.2 Å². The first kappa shape index (κ1) is 16.0. The van der Waals surface area contributed by atoms with E-state index >= 15 is 0 Å². The molecule has 1 fully saturated rings. The third-order valence-electron chi connectivity index (χ3n) is 3.04. The molecule has 108 valence electrons. The SMILES string of the molecule is CC(C(=O)O)=C(C)C(=O)N1CCSCC1S(C)(=O)=O. The van der Waals surface area contributed by atoms with Crippen LogP contribution in [-0.2, 0) is 19.4 Å². The van der Waals surface area contributed by atoms with E-state index in [9.17, 15) is 18.0 Å². The Hall–Kier alpha value is -1.02. The molecule has 1 rings (SSSR count). The van der Waals surface area contributed by atoms with E-state index in [0.29, 0.717) is 18.1 Å². The molecule has 0 saturated carbocycles. The maximum atomic E-state index is 12.2. The minimum absolute atomic E-state index is 0.0597. The molecule has 0 aromatic rings. The fourth-order valence-electron chi connectivity index (χ4n) is 1.70. The molecule has 1 saturated heterocycles. The van der Waals surface area contributed by atoms with Crippen LogP contribution in [0.15, 0.2) is 11.1 Å². The fourth-order valence-corrected chi connectivity index (χ4v) is 4.52. The van der Waals surface area contributed by atoms with E-state index in [-0.39, 0.29) is 11.1 Å². The molecule has 0 aromatic heterocycles. The molecule has 0 aromatic carbocycles. The molecule has 1 atom stereocenters. The Morgan fingerprint density at radius 3 is 2.32 bits per heavy atom. The number of carboxylic acid groups (broad SMARTS) is 1. The molecule has 1 unspecified atom stereocenters. The fraction of sp³-hybridized carbons (Fsp3) is 0.636. The predicted octanol–water partition coefficient (Wildman–Crippen LogP) is 0.354. The van der Waals surface area contributed by atoms with E-state index in [2.05, 4.69) is 0 Å². The lowest BCUT2D eigenvalue weighted by Gasteiger charge is -2.34. The number of hydrogen-bond donors (Lipinski definition) is 1. The maximum absolute atomic E-state index is 12.2. The Morgan fingerprint density at radius 1 is 1.26 bits per heavy atom. The molecular formula is C11H17NO5S2. The van der Waals surface area contributed by atoms with Crippen LogP contribution in [0.2, 0.25) is 0 Å². The molecule has 0 spiro atoms. The first-order chi connectivity index (χ1) is 8.66. The van der Waals surface area contributed by atoms with Crippen LogP contribution in [0.1, 0.15) is 13.8 Å². The summed E-state index contributed by atoms with van der Waals surface area (Å²) in [5.74, 6) is -0.718. The summed E-state index contributed by atoms with van der Waals surface area (Å²) in [5.41, 5.74) is 0.0172. The maximum Gasteiger partial charge on any atom is 0.331 e. The highest BCUT2D eigenvalue weighted by atomic mass is 32.2. The minimum atomic E-state index is -3.39. The predicted molar refractivity (Wildman–Crippen MR) is 73.7 cm³/mol. The van der Waals surface area contributed by atoms with Gasteiger partial charge in [0.25, 0.3) is 5.91 Å². The summed E-state index contributed by atoms with van der Waals surface area (Å²) in [7, 11) is -3.39. The topological polar surface area (TPSA) is 91.8 Å². The van der Waals surface area contributed by atoms with Crippen molar-refractivity contribution in [3.8, 4) is 0 Å². The zero-order valence-corrected chi connectivity index (χ0v) is 12.7. The quantitative estimate of drug-likeness (QED) is 0.757. The van der Waals surface area contributed by atoms with Gasteiger partial charge in [-0.1, -0.05) is 0 Å². The molecule has 6 nitrogen and oxygen atoms in total. The van der Waals surface area contributed by atoms with Crippen LogP contribution in [0.5, 0.6) is 0 Å². The molecule has 0 radical (unpaired) electrons. The van der Waals surface area contributed by atoms with Crippen molar-refractivity contribution >= 4 is 33.5 Å². The van der Waals surface area contributed by atoms with E-state index in [0.717, 1.165) is 6.26 Å². The van der Waals surface area contributed by atoms with Crippen molar-refractivity contribution in [1.29, 1.82) is 0 Å². The van der Waals surface area contributed by atoms with Crippen molar-refractivity contribution in [1.82, 2.24) is 4.90 Å². The van der Waals surface area contributed by atoms with Gasteiger partial charge in [-0.2, -0.15) is 11.8 Å². The number of carboxylic acids is 1. The lowest BCUT2D eigenvalue weighted by atomic mass is 10.1. The van der Waals surface area contributed by atoms with Crippen molar-refractivity contribution < 1.29 is 23.1 Å². The molecule has 1 amide bonds. The minimum Gasteiger partial charge on any atom is -0.478 e. The molecule has 0 bridgehead atoms. The standard InChI is InChI=1S/C11H17NO5S2/c1-7(8(2)11(14)15)10(13)12-4-5-18-6-9(12)19(3,16)17/h9H,4-6H2,1-3H3,(H,14,15). The smallest absolute Gasteiger partial charge is 0.331 e. The van der Waals surface area contributed by atoms with Gasteiger partial charge in [0.1, 0.15) is 5.37 Å². The van der Waals surface area contributed by atoms with Gasteiger partial charge in [0.2, 0.25) is 0 Å². The van der Waals surface area contributed by atoms with Gasteiger partial charge in [0, 0.05) is 35.5 Å². The Kier molecular flexibility index (Phi) is 5.03. The van der Waals surface area contributed by atoms with Crippen LogP contribution in [0, 0.1) is 0 Å². The number of rotatable bonds is 3. The van der Waals surface area contributed by atoms with Crippen LogP contribution in [0.25, 0.3) is 0 Å². The van der Waals surface area contributed by atoms with E-state index in [4.69, 9.17) is 5.11 Å². The summed E-state index contributed by atoms with van der Waals surface area (Å²) in [6, 6.07) is 0. The zero-order valence-electron chi connectivity index (χ0n) is 11.0. The Labute approximate surface area is 116 Å². The summed E-state index contributed by atoms with van der Waals surface area (Å²) in [6.45, 7) is 3.06. The van der Waals surface area contributed by atoms with E-state index in [1.807, 2.05) is 0 Å². The van der Waals surface area contributed by atoms with Gasteiger partial charge in [0.05, 0.1) is 0 Å². The van der Waals surface area contributed by atoms with Crippen LogP contribution in [0.3, 0.4) is 0 Å². The number of thioether (sulfide) groups is 1. The second kappa shape index (κ2) is 5.96. The highest BCUT2D eigenvalue weighted by molar-refractivity contribution is 8.00. The van der Waals surface area contributed by atoms with Gasteiger partial charge in [-0.05, 0) is 13.8 Å². The molecule has 1 heterocycles. The number of carbonyl (C=O) groups excluding carboxylic acids is 1. The second-order valence-corrected chi connectivity index (χ2v) is 7.77. The molecule has 1 aliphatic rings. The number of nitrogens with zero attached hydrogens (tertiary/aromatic N) is 1. The monoisotopic (exact) mass is 307 g/mol. The van der Waals surface area contributed by atoms with Gasteiger partial charge < -0.3 is 10.0 Å². The van der Waals surface area contributed by atoms with Crippen LogP contribution in [-0.4, -0.2) is 60.0 Å². The number of aliphatic carboxylic acids is 1. The van der Waals surface area contributed by atoms with Gasteiger partial charge >= 0.3 is 5.97 Å². The van der Waals surface area contributed by atoms with Crippen LogP contribution >= 0.6 is 11.8 Å². The Balaban J connectivity index is 3.09. The van der Waals surface area contributed by atoms with Crippen molar-refractivity contribution in [2.24, 2.45) is 0 Å². The average Bonchev–Trinajstić information content (AvgIpc) is 2.35. The summed E-state index contributed by atoms with van der Waals surface area (Å²) < 4.78 is 23.4. The van der Waals surface area contributed by atoms with E-state index in [1.165, 1.54) is 30.5 Å². The van der Waals surface area contributed by atoms with E-state index < -0.39 is 27.1 Å². The second-order valence-electron chi connectivity index (χ2n) is 4.41. The highest BCUT2D eigenvalue weighted by Gasteiger charge is 2.35. The molecule has 19 heavy (non-hydrogen) atoms. The molecular weight excluding hydrogens is 290 g/mol. The highest BCUT2D eigenvalue weighted by Crippen LogP contribution is 2.22. The van der Waals surface area contributed by atoms with Crippen LogP contribution < -0.4 is 0 Å². The molecule has 0 aliphatic carbocycles. The van der Waals surface area contributed by atoms with Crippen molar-refractivity contribution in [3.05, 3.63) is 11.1 Å². The number of carbonyl (C=O) groups is 2. The van der Waals surface area contributed by atoms with E-state index in [1.54, 1.807) is 0 Å². The Bertz CT molecular complexity index is 523. The van der Waals surface area contributed by atoms with Gasteiger partial charge in [0.15, 0.2) is 9.84 Å². The van der Waals surface area contributed by atoms with Crippen molar-refractivity contribution in [2.75, 3.05) is 24.3 Å². The normalized spacial score (nSPS) is 21.8. The summed E-state index contributed by atoms with van der Waals surface area (Å²) in [6.07, 6.45) is 1.09. The zero-order chi connectivity index (χ0) is 14.8. The lowest BCUT2D eigenvalue weighted by molar-refractivity contribution is -0.134. The van der Waals surface area contributed by atoms with Crippen molar-refractivity contribution in [2.45, 2.75) is 19.2 Å². The Morgan fingerprint density at radius 2 is 1.84 bits per heavy atom.